The quantitative estimate of drug-likeness (QED) is 0.621. The van der Waals surface area contributed by atoms with Crippen LogP contribution in [0, 0.1) is 6.92 Å². The SMILES string of the molecule is Cc1cc(C(C)C)cc(CP(=O)(c2ccccc2)c2ccccc2)c1O. The average Bonchev–Trinajstić information content (AvgIpc) is 2.66. The number of phenolic OH excluding ortho intramolecular Hbond substituents is 1. The highest BCUT2D eigenvalue weighted by Gasteiger charge is 2.29. The smallest absolute Gasteiger partial charge is 0.147 e. The largest absolute Gasteiger partial charge is 0.507 e. The highest BCUT2D eigenvalue weighted by atomic mass is 31.2. The Hall–Kier alpha value is -2.31. The van der Waals surface area contributed by atoms with Crippen LogP contribution >= 0.6 is 7.14 Å². The maximum absolute atomic E-state index is 14.2. The molecule has 0 atom stereocenters. The lowest BCUT2D eigenvalue weighted by atomic mass is 9.98. The summed E-state index contributed by atoms with van der Waals surface area (Å²) in [7, 11) is -2.90. The van der Waals surface area contributed by atoms with Crippen molar-refractivity contribution >= 4 is 17.8 Å². The predicted molar refractivity (Wildman–Crippen MR) is 110 cm³/mol. The molecule has 0 saturated carbocycles. The first-order valence-electron chi connectivity index (χ1n) is 8.94. The Bertz CT molecular complexity index is 888. The van der Waals surface area contributed by atoms with Crippen LogP contribution in [0.1, 0.15) is 36.5 Å². The minimum absolute atomic E-state index is 0.251. The molecule has 0 aromatic heterocycles. The van der Waals surface area contributed by atoms with Gasteiger partial charge in [-0.2, -0.15) is 0 Å². The lowest BCUT2D eigenvalue weighted by Crippen LogP contribution is -2.17. The molecule has 0 spiro atoms. The van der Waals surface area contributed by atoms with Crippen molar-refractivity contribution in [3.63, 3.8) is 0 Å². The highest BCUT2D eigenvalue weighted by Crippen LogP contribution is 2.49. The molecule has 3 aromatic rings. The number of phenols is 1. The molecule has 2 nitrogen and oxygen atoms in total. The molecule has 134 valence electrons. The molecule has 0 amide bonds. The number of aromatic hydroxyl groups is 1. The second kappa shape index (κ2) is 7.51. The summed E-state index contributed by atoms with van der Waals surface area (Å²) in [5, 5.41) is 12.3. The second-order valence-electron chi connectivity index (χ2n) is 7.07. The van der Waals surface area contributed by atoms with E-state index in [4.69, 9.17) is 0 Å². The van der Waals surface area contributed by atoms with Crippen LogP contribution in [0.3, 0.4) is 0 Å². The zero-order chi connectivity index (χ0) is 18.7. The van der Waals surface area contributed by atoms with Crippen LogP contribution in [-0.4, -0.2) is 5.11 Å². The van der Waals surface area contributed by atoms with E-state index in [9.17, 15) is 9.67 Å². The van der Waals surface area contributed by atoms with Crippen molar-refractivity contribution in [2.45, 2.75) is 32.9 Å². The van der Waals surface area contributed by atoms with Gasteiger partial charge in [0.15, 0.2) is 0 Å². The van der Waals surface area contributed by atoms with Gasteiger partial charge in [0.25, 0.3) is 0 Å². The predicted octanol–water partition coefficient (Wildman–Crippen LogP) is 5.34. The molecule has 3 heteroatoms. The molecular formula is C23H25O2P. The van der Waals surface area contributed by atoms with Crippen molar-refractivity contribution < 1.29 is 9.67 Å². The standard InChI is InChI=1S/C23H25O2P/c1-17(2)19-14-18(3)23(24)20(15-19)16-26(25,21-10-6-4-7-11-21)22-12-8-5-9-13-22/h4-15,17,24H,16H2,1-3H3. The van der Waals surface area contributed by atoms with Crippen LogP contribution < -0.4 is 10.6 Å². The summed E-state index contributed by atoms with van der Waals surface area (Å²) in [4.78, 5) is 0. The fraction of sp³-hybridized carbons (Fsp3) is 0.217. The van der Waals surface area contributed by atoms with Gasteiger partial charge in [-0.15, -0.1) is 0 Å². The molecule has 3 rings (SSSR count). The average molecular weight is 364 g/mol. The fourth-order valence-electron chi connectivity index (χ4n) is 3.25. The summed E-state index contributed by atoms with van der Waals surface area (Å²) in [6, 6.07) is 23.2. The minimum atomic E-state index is -2.90. The first-order valence-corrected chi connectivity index (χ1v) is 10.8. The molecule has 0 fully saturated rings. The van der Waals surface area contributed by atoms with Gasteiger partial charge in [-0.3, -0.25) is 0 Å². The van der Waals surface area contributed by atoms with E-state index >= 15 is 0 Å². The van der Waals surface area contributed by atoms with Crippen molar-refractivity contribution in [3.05, 3.63) is 89.5 Å². The third-order valence-corrected chi connectivity index (χ3v) is 7.86. The molecule has 0 saturated heterocycles. The van der Waals surface area contributed by atoms with Crippen molar-refractivity contribution in [3.8, 4) is 5.75 Å². The highest BCUT2D eigenvalue weighted by molar-refractivity contribution is 7.78. The van der Waals surface area contributed by atoms with E-state index < -0.39 is 7.14 Å². The van der Waals surface area contributed by atoms with Crippen molar-refractivity contribution in [1.29, 1.82) is 0 Å². The van der Waals surface area contributed by atoms with E-state index in [0.717, 1.165) is 27.3 Å². The summed E-state index contributed by atoms with van der Waals surface area (Å²) in [6.07, 6.45) is 0.314. The van der Waals surface area contributed by atoms with Crippen LogP contribution in [-0.2, 0) is 10.7 Å². The van der Waals surface area contributed by atoms with Crippen molar-refractivity contribution in [2.75, 3.05) is 0 Å². The maximum atomic E-state index is 14.2. The summed E-state index contributed by atoms with van der Waals surface area (Å²) in [6.45, 7) is 6.16. The van der Waals surface area contributed by atoms with Crippen LogP contribution in [0.4, 0.5) is 0 Å². The van der Waals surface area contributed by atoms with E-state index in [2.05, 4.69) is 13.8 Å². The molecule has 0 aliphatic rings. The summed E-state index contributed by atoms with van der Waals surface area (Å²) >= 11 is 0. The number of rotatable bonds is 5. The Balaban J connectivity index is 2.16. The van der Waals surface area contributed by atoms with Gasteiger partial charge in [0.2, 0.25) is 0 Å². The van der Waals surface area contributed by atoms with Crippen molar-refractivity contribution in [2.24, 2.45) is 0 Å². The molecule has 0 bridgehead atoms. The van der Waals surface area contributed by atoms with Crippen molar-refractivity contribution in [1.82, 2.24) is 0 Å². The molecule has 0 aliphatic carbocycles. The molecule has 26 heavy (non-hydrogen) atoms. The lowest BCUT2D eigenvalue weighted by molar-refractivity contribution is 0.465. The first kappa shape index (κ1) is 18.5. The Morgan fingerprint density at radius 1 is 0.885 bits per heavy atom. The number of aryl methyl sites for hydroxylation is 1. The Kier molecular flexibility index (Phi) is 5.34. The van der Waals surface area contributed by atoms with Gasteiger partial charge in [0.1, 0.15) is 12.9 Å². The number of benzene rings is 3. The lowest BCUT2D eigenvalue weighted by Gasteiger charge is -2.21. The molecular weight excluding hydrogens is 339 g/mol. The second-order valence-corrected chi connectivity index (χ2v) is 9.90. The summed E-state index contributed by atoms with van der Waals surface area (Å²) < 4.78 is 14.2. The van der Waals surface area contributed by atoms with E-state index in [-0.39, 0.29) is 5.75 Å². The van der Waals surface area contributed by atoms with E-state index in [0.29, 0.717) is 12.1 Å². The van der Waals surface area contributed by atoms with Crippen LogP contribution in [0.25, 0.3) is 0 Å². The van der Waals surface area contributed by atoms with E-state index in [1.165, 1.54) is 0 Å². The molecule has 0 unspecified atom stereocenters. The van der Waals surface area contributed by atoms with Gasteiger partial charge in [0, 0.05) is 22.3 Å². The monoisotopic (exact) mass is 364 g/mol. The van der Waals surface area contributed by atoms with E-state index in [1.54, 1.807) is 0 Å². The van der Waals surface area contributed by atoms with Gasteiger partial charge < -0.3 is 9.67 Å². The zero-order valence-electron chi connectivity index (χ0n) is 15.5. The molecule has 0 heterocycles. The van der Waals surface area contributed by atoms with Crippen LogP contribution in [0.15, 0.2) is 72.8 Å². The van der Waals surface area contributed by atoms with E-state index in [1.807, 2.05) is 79.7 Å². The molecule has 1 N–H and O–H groups in total. The van der Waals surface area contributed by atoms with Crippen LogP contribution in [0.5, 0.6) is 5.75 Å². The third kappa shape index (κ3) is 3.61. The molecule has 0 radical (unpaired) electrons. The number of hydrogen-bond acceptors (Lipinski definition) is 2. The van der Waals surface area contributed by atoms with Gasteiger partial charge in [0.05, 0.1) is 0 Å². The fourth-order valence-corrected chi connectivity index (χ4v) is 5.94. The first-order chi connectivity index (χ1) is 12.4. The zero-order valence-corrected chi connectivity index (χ0v) is 16.4. The Labute approximate surface area is 155 Å². The van der Waals surface area contributed by atoms with Gasteiger partial charge in [-0.1, -0.05) is 86.6 Å². The maximum Gasteiger partial charge on any atom is 0.147 e. The summed E-state index contributed by atoms with van der Waals surface area (Å²) in [5.41, 5.74) is 2.74. The topological polar surface area (TPSA) is 37.3 Å². The minimum Gasteiger partial charge on any atom is -0.507 e. The number of hydrogen-bond donors (Lipinski definition) is 1. The molecule has 0 aliphatic heterocycles. The summed E-state index contributed by atoms with van der Waals surface area (Å²) in [5.74, 6) is 0.599. The van der Waals surface area contributed by atoms with Gasteiger partial charge in [-0.05, 0) is 24.0 Å². The Morgan fingerprint density at radius 2 is 1.38 bits per heavy atom. The normalized spacial score (nSPS) is 11.7. The van der Waals surface area contributed by atoms with Gasteiger partial charge >= 0.3 is 0 Å². The van der Waals surface area contributed by atoms with Gasteiger partial charge in [-0.25, -0.2) is 0 Å². The van der Waals surface area contributed by atoms with Crippen LogP contribution in [0.2, 0.25) is 0 Å². The third-order valence-electron chi connectivity index (χ3n) is 4.81. The molecule has 3 aromatic carbocycles. The Morgan fingerprint density at radius 3 is 1.85 bits per heavy atom.